The summed E-state index contributed by atoms with van der Waals surface area (Å²) in [4.78, 5) is 16.4. The maximum Gasteiger partial charge on any atom is 0.251 e. The van der Waals surface area contributed by atoms with Crippen molar-refractivity contribution >= 4 is 35.8 Å². The highest BCUT2D eigenvalue weighted by Gasteiger charge is 2.04. The largest absolute Gasteiger partial charge is 0.377 e. The second-order valence-electron chi connectivity index (χ2n) is 6.96. The summed E-state index contributed by atoms with van der Waals surface area (Å²) >= 11 is 0. The zero-order chi connectivity index (χ0) is 21.4. The van der Waals surface area contributed by atoms with Crippen molar-refractivity contribution in [1.82, 2.24) is 16.0 Å². The van der Waals surface area contributed by atoms with E-state index in [9.17, 15) is 4.79 Å². The predicted octanol–water partition coefficient (Wildman–Crippen LogP) is 3.76. The number of unbranched alkanes of at least 4 members (excludes halogenated alkanes) is 1. The molecule has 0 aliphatic heterocycles. The lowest BCUT2D eigenvalue weighted by atomic mass is 10.1. The third-order valence-electron chi connectivity index (χ3n) is 4.54. The van der Waals surface area contributed by atoms with Gasteiger partial charge in [0.15, 0.2) is 5.96 Å². The van der Waals surface area contributed by atoms with Gasteiger partial charge in [0.05, 0.1) is 6.61 Å². The molecule has 0 aromatic heterocycles. The lowest BCUT2D eigenvalue weighted by Gasteiger charge is -2.12. The number of rotatable bonds is 12. The van der Waals surface area contributed by atoms with E-state index in [1.165, 1.54) is 5.56 Å². The van der Waals surface area contributed by atoms with Crippen LogP contribution < -0.4 is 16.0 Å². The number of aliphatic imine (C=N–C) groups is 1. The second-order valence-corrected chi connectivity index (χ2v) is 6.96. The highest BCUT2D eigenvalue weighted by molar-refractivity contribution is 14.0. The maximum absolute atomic E-state index is 11.8. The maximum atomic E-state index is 11.8. The zero-order valence-corrected chi connectivity index (χ0v) is 20.9. The first-order valence-electron chi connectivity index (χ1n) is 10.7. The Morgan fingerprint density at radius 3 is 2.52 bits per heavy atom. The van der Waals surface area contributed by atoms with Crippen molar-refractivity contribution in [2.24, 2.45) is 4.99 Å². The van der Waals surface area contributed by atoms with Gasteiger partial charge in [-0.25, -0.2) is 0 Å². The van der Waals surface area contributed by atoms with E-state index in [1.54, 1.807) is 7.05 Å². The first kappa shape index (κ1) is 26.9. The molecule has 0 heterocycles. The van der Waals surface area contributed by atoms with Crippen LogP contribution in [0.25, 0.3) is 0 Å². The van der Waals surface area contributed by atoms with Gasteiger partial charge in [-0.1, -0.05) is 42.5 Å². The van der Waals surface area contributed by atoms with Gasteiger partial charge in [-0.3, -0.25) is 9.79 Å². The summed E-state index contributed by atoms with van der Waals surface area (Å²) in [5.74, 6) is 0.762. The van der Waals surface area contributed by atoms with E-state index < -0.39 is 0 Å². The molecule has 7 heteroatoms. The Balaban J connectivity index is 0.00000480. The van der Waals surface area contributed by atoms with Crippen molar-refractivity contribution in [3.8, 4) is 0 Å². The molecule has 0 saturated heterocycles. The van der Waals surface area contributed by atoms with Crippen LogP contribution in [0.15, 0.2) is 59.6 Å². The number of halogens is 1. The molecule has 0 bridgehead atoms. The van der Waals surface area contributed by atoms with Crippen LogP contribution in [0.2, 0.25) is 0 Å². The molecular weight excluding hydrogens is 503 g/mol. The van der Waals surface area contributed by atoms with Gasteiger partial charge in [0.2, 0.25) is 0 Å². The Kier molecular flexibility index (Phi) is 14.4. The van der Waals surface area contributed by atoms with Crippen molar-refractivity contribution in [2.45, 2.75) is 32.8 Å². The van der Waals surface area contributed by atoms with Crippen molar-refractivity contribution in [3.63, 3.8) is 0 Å². The molecule has 2 aromatic rings. The third kappa shape index (κ3) is 11.2. The lowest BCUT2D eigenvalue weighted by molar-refractivity contribution is 0.0963. The first-order chi connectivity index (χ1) is 14.7. The van der Waals surface area contributed by atoms with Crippen LogP contribution in [0.1, 0.15) is 41.3 Å². The van der Waals surface area contributed by atoms with Crippen LogP contribution in [-0.4, -0.2) is 45.2 Å². The second kappa shape index (κ2) is 16.5. The average molecular weight is 538 g/mol. The molecule has 0 fully saturated rings. The van der Waals surface area contributed by atoms with Gasteiger partial charge in [-0.2, -0.15) is 0 Å². The highest BCUT2D eigenvalue weighted by atomic mass is 127. The highest BCUT2D eigenvalue weighted by Crippen LogP contribution is 2.06. The van der Waals surface area contributed by atoms with E-state index in [4.69, 9.17) is 4.74 Å². The fourth-order valence-electron chi connectivity index (χ4n) is 2.95. The number of amides is 1. The summed E-state index contributed by atoms with van der Waals surface area (Å²) in [6.07, 6.45) is 2.80. The molecule has 2 rings (SSSR count). The van der Waals surface area contributed by atoms with Crippen LogP contribution in [0.4, 0.5) is 0 Å². The molecule has 3 N–H and O–H groups in total. The molecule has 0 atom stereocenters. The van der Waals surface area contributed by atoms with Gasteiger partial charge >= 0.3 is 0 Å². The number of carbonyl (C=O) groups excluding carboxylic acids is 1. The summed E-state index contributed by atoms with van der Waals surface area (Å²) in [7, 11) is 1.64. The van der Waals surface area contributed by atoms with Gasteiger partial charge in [0.1, 0.15) is 0 Å². The molecule has 0 radical (unpaired) electrons. The number of hydrogen-bond acceptors (Lipinski definition) is 3. The number of guanidine groups is 1. The number of hydrogen-bond donors (Lipinski definition) is 3. The van der Waals surface area contributed by atoms with Crippen LogP contribution in [0.5, 0.6) is 0 Å². The molecule has 2 aromatic carbocycles. The average Bonchev–Trinajstić information content (AvgIpc) is 2.78. The topological polar surface area (TPSA) is 74.8 Å². The Morgan fingerprint density at radius 1 is 1.00 bits per heavy atom. The number of carbonyl (C=O) groups is 1. The van der Waals surface area contributed by atoms with E-state index in [1.807, 2.05) is 42.5 Å². The molecule has 1 amide bonds. The van der Waals surface area contributed by atoms with Gasteiger partial charge in [0.25, 0.3) is 5.91 Å². The van der Waals surface area contributed by atoms with Crippen molar-refractivity contribution in [2.75, 3.05) is 33.3 Å². The molecule has 0 aliphatic rings. The van der Waals surface area contributed by atoms with E-state index in [2.05, 4.69) is 40.0 Å². The third-order valence-corrected chi connectivity index (χ3v) is 4.54. The lowest BCUT2D eigenvalue weighted by Crippen LogP contribution is -2.38. The molecule has 31 heavy (non-hydrogen) atoms. The van der Waals surface area contributed by atoms with Gasteiger partial charge in [-0.15, -0.1) is 24.0 Å². The molecule has 170 valence electrons. The fourth-order valence-corrected chi connectivity index (χ4v) is 2.95. The summed E-state index contributed by atoms with van der Waals surface area (Å²) in [5.41, 5.74) is 3.01. The minimum Gasteiger partial charge on any atom is -0.377 e. The summed E-state index contributed by atoms with van der Waals surface area (Å²) in [5, 5.41) is 9.29. The van der Waals surface area contributed by atoms with Gasteiger partial charge in [-0.05, 0) is 49.4 Å². The van der Waals surface area contributed by atoms with Gasteiger partial charge < -0.3 is 20.7 Å². The number of benzene rings is 2. The molecule has 0 saturated carbocycles. The number of ether oxygens (including phenoxy) is 1. The fraction of sp³-hybridized carbons (Fsp3) is 0.417. The Labute approximate surface area is 203 Å². The van der Waals surface area contributed by atoms with Crippen molar-refractivity contribution in [3.05, 3.63) is 71.3 Å². The molecule has 6 nitrogen and oxygen atoms in total. The minimum atomic E-state index is -0.0625. The monoisotopic (exact) mass is 538 g/mol. The van der Waals surface area contributed by atoms with Crippen LogP contribution in [-0.2, 0) is 17.8 Å². The van der Waals surface area contributed by atoms with Crippen LogP contribution >= 0.6 is 24.0 Å². The SMILES string of the molecule is CCNC(=NCCCCOCc1ccccc1)NCCc1cccc(C(=O)NC)c1.I. The van der Waals surface area contributed by atoms with Crippen LogP contribution in [0.3, 0.4) is 0 Å². The Bertz CT molecular complexity index is 784. The molecule has 0 spiro atoms. The zero-order valence-electron chi connectivity index (χ0n) is 18.5. The Morgan fingerprint density at radius 2 is 1.77 bits per heavy atom. The van der Waals surface area contributed by atoms with Crippen molar-refractivity contribution in [1.29, 1.82) is 0 Å². The van der Waals surface area contributed by atoms with E-state index in [0.717, 1.165) is 57.0 Å². The summed E-state index contributed by atoms with van der Waals surface area (Å²) in [6.45, 7) is 5.80. The smallest absolute Gasteiger partial charge is 0.251 e. The number of nitrogens with one attached hydrogen (secondary N) is 3. The molecular formula is C24H35IN4O2. The van der Waals surface area contributed by atoms with Crippen LogP contribution in [0, 0.1) is 0 Å². The molecule has 0 aliphatic carbocycles. The van der Waals surface area contributed by atoms with E-state index >= 15 is 0 Å². The quantitative estimate of drug-likeness (QED) is 0.167. The van der Waals surface area contributed by atoms with Gasteiger partial charge in [0, 0.05) is 38.9 Å². The molecule has 0 unspecified atom stereocenters. The minimum absolute atomic E-state index is 0. The normalized spacial score (nSPS) is 10.8. The standard InChI is InChI=1S/C24H34N4O2.HI/c1-3-26-24(27-15-7-8-17-30-19-21-10-5-4-6-11-21)28-16-14-20-12-9-13-22(18-20)23(29)25-2;/h4-6,9-13,18H,3,7-8,14-17,19H2,1-2H3,(H,25,29)(H2,26,27,28);1H. The number of nitrogens with zero attached hydrogens (tertiary/aromatic N) is 1. The summed E-state index contributed by atoms with van der Waals surface area (Å²) in [6, 6.07) is 17.9. The van der Waals surface area contributed by atoms with E-state index in [0.29, 0.717) is 12.2 Å². The predicted molar refractivity (Wildman–Crippen MR) is 138 cm³/mol. The summed E-state index contributed by atoms with van der Waals surface area (Å²) < 4.78 is 5.71. The Hall–Kier alpha value is -2.13. The van der Waals surface area contributed by atoms with Crippen molar-refractivity contribution < 1.29 is 9.53 Å². The van der Waals surface area contributed by atoms with E-state index in [-0.39, 0.29) is 29.9 Å². The first-order valence-corrected chi connectivity index (χ1v) is 10.7.